The van der Waals surface area contributed by atoms with Gasteiger partial charge in [-0.2, -0.15) is 0 Å². The summed E-state index contributed by atoms with van der Waals surface area (Å²) in [5.74, 6) is 0. The fourth-order valence-corrected chi connectivity index (χ4v) is 0. The van der Waals surface area contributed by atoms with Crippen LogP contribution in [0.3, 0.4) is 0 Å². The molecule has 0 amide bonds. The second kappa shape index (κ2) is 3.19. The van der Waals surface area contributed by atoms with E-state index in [9.17, 15) is 4.57 Å². The summed E-state index contributed by atoms with van der Waals surface area (Å²) < 4.78 is 9.69. The molecule has 4 heteroatoms. The molecule has 2 N–H and O–H groups in total. The molecule has 0 radical (unpaired) electrons. The molecule has 0 aromatic heterocycles. The molecule has 0 spiro atoms. The lowest BCUT2D eigenvalue weighted by Crippen LogP contribution is -1.76. The Kier molecular flexibility index (Phi) is 4.65. The van der Waals surface area contributed by atoms with Crippen molar-refractivity contribution in [2.24, 2.45) is 0 Å². The summed E-state index contributed by atoms with van der Waals surface area (Å²) >= 11 is 0. The molecule has 7 heavy (non-hydrogen) atoms. The molecule has 0 rings (SSSR count). The standard InChI is InChI=1S/C2H7O3P.CH4/c1-2-6(3,4)5;/h2H2,1H3,(H2,3,4,5);1H4. The van der Waals surface area contributed by atoms with Crippen LogP contribution < -0.4 is 0 Å². The van der Waals surface area contributed by atoms with Gasteiger partial charge in [0.2, 0.25) is 0 Å². The van der Waals surface area contributed by atoms with Crippen molar-refractivity contribution in [3.8, 4) is 0 Å². The van der Waals surface area contributed by atoms with Crippen molar-refractivity contribution in [2.45, 2.75) is 14.4 Å². The molecular formula is C3H11O3P. The van der Waals surface area contributed by atoms with E-state index in [0.717, 1.165) is 0 Å². The molecule has 0 aliphatic heterocycles. The normalized spacial score (nSPS) is 10.1. The average molecular weight is 126 g/mol. The van der Waals surface area contributed by atoms with E-state index < -0.39 is 7.60 Å². The Morgan fingerprint density at radius 1 is 1.57 bits per heavy atom. The van der Waals surface area contributed by atoms with Crippen molar-refractivity contribution in [3.63, 3.8) is 0 Å². The van der Waals surface area contributed by atoms with Crippen LogP contribution in [0.15, 0.2) is 0 Å². The summed E-state index contributed by atoms with van der Waals surface area (Å²) in [7, 11) is -3.65. The topological polar surface area (TPSA) is 57.5 Å². The van der Waals surface area contributed by atoms with Crippen LogP contribution in [0.5, 0.6) is 0 Å². The second-order valence-corrected chi connectivity index (χ2v) is 2.94. The lowest BCUT2D eigenvalue weighted by molar-refractivity contribution is 0.375. The van der Waals surface area contributed by atoms with Crippen molar-refractivity contribution in [1.29, 1.82) is 0 Å². The molecule has 0 heterocycles. The lowest BCUT2D eigenvalue weighted by atomic mass is 11.0. The predicted octanol–water partition coefficient (Wildman–Crippen LogP) is 0.820. The second-order valence-electron chi connectivity index (χ2n) is 0.981. The highest BCUT2D eigenvalue weighted by molar-refractivity contribution is 7.51. The highest BCUT2D eigenvalue weighted by Crippen LogP contribution is 2.32. The lowest BCUT2D eigenvalue weighted by Gasteiger charge is -1.92. The average Bonchev–Trinajstić information content (AvgIpc) is 1.35. The zero-order valence-electron chi connectivity index (χ0n) is 3.46. The number of rotatable bonds is 1. The van der Waals surface area contributed by atoms with Gasteiger partial charge in [0.15, 0.2) is 0 Å². The van der Waals surface area contributed by atoms with E-state index in [0.29, 0.717) is 0 Å². The van der Waals surface area contributed by atoms with Crippen molar-refractivity contribution < 1.29 is 14.4 Å². The van der Waals surface area contributed by atoms with Crippen LogP contribution in [-0.4, -0.2) is 15.9 Å². The summed E-state index contributed by atoms with van der Waals surface area (Å²) in [5.41, 5.74) is 0. The third-order valence-electron chi connectivity index (χ3n) is 0.412. The van der Waals surface area contributed by atoms with Gasteiger partial charge in [-0.3, -0.25) is 4.57 Å². The van der Waals surface area contributed by atoms with E-state index in [2.05, 4.69) is 0 Å². The van der Waals surface area contributed by atoms with Crippen molar-refractivity contribution in [1.82, 2.24) is 0 Å². The van der Waals surface area contributed by atoms with Crippen LogP contribution in [-0.2, 0) is 4.57 Å². The van der Waals surface area contributed by atoms with Gasteiger partial charge in [-0.15, -0.1) is 0 Å². The Morgan fingerprint density at radius 2 is 1.71 bits per heavy atom. The van der Waals surface area contributed by atoms with Gasteiger partial charge in [0, 0.05) is 6.16 Å². The van der Waals surface area contributed by atoms with Gasteiger partial charge < -0.3 is 9.79 Å². The zero-order chi connectivity index (χ0) is 5.21. The van der Waals surface area contributed by atoms with E-state index in [1.54, 1.807) is 0 Å². The maximum absolute atomic E-state index is 9.69. The van der Waals surface area contributed by atoms with E-state index in [4.69, 9.17) is 9.79 Å². The van der Waals surface area contributed by atoms with Gasteiger partial charge in [0.1, 0.15) is 0 Å². The zero-order valence-corrected chi connectivity index (χ0v) is 4.35. The van der Waals surface area contributed by atoms with Gasteiger partial charge in [-0.25, -0.2) is 0 Å². The maximum atomic E-state index is 9.69. The van der Waals surface area contributed by atoms with Crippen molar-refractivity contribution in [2.75, 3.05) is 6.16 Å². The third-order valence-corrected chi connectivity index (χ3v) is 1.24. The van der Waals surface area contributed by atoms with Crippen LogP contribution in [0.25, 0.3) is 0 Å². The first kappa shape index (κ1) is 10.2. The summed E-state index contributed by atoms with van der Waals surface area (Å²) in [5, 5.41) is 0. The molecule has 0 fully saturated rings. The summed E-state index contributed by atoms with van der Waals surface area (Å²) in [4.78, 5) is 15.9. The van der Waals surface area contributed by atoms with Crippen LogP contribution in [0, 0.1) is 0 Å². The van der Waals surface area contributed by atoms with Gasteiger partial charge in [0.05, 0.1) is 0 Å². The van der Waals surface area contributed by atoms with Crippen LogP contribution in [0.1, 0.15) is 14.4 Å². The largest absolute Gasteiger partial charge is 0.325 e. The maximum Gasteiger partial charge on any atom is 0.325 e. The van der Waals surface area contributed by atoms with Crippen molar-refractivity contribution >= 4 is 7.60 Å². The molecule has 0 saturated carbocycles. The first-order valence-corrected chi connectivity index (χ1v) is 3.40. The van der Waals surface area contributed by atoms with E-state index in [-0.39, 0.29) is 13.6 Å². The van der Waals surface area contributed by atoms with E-state index in [1.165, 1.54) is 6.92 Å². The Hall–Kier alpha value is 0.150. The minimum Gasteiger partial charge on any atom is -0.324 e. The molecule has 0 aliphatic rings. The van der Waals surface area contributed by atoms with Crippen molar-refractivity contribution in [3.05, 3.63) is 0 Å². The quantitative estimate of drug-likeness (QED) is 0.511. The minimum absolute atomic E-state index is 0. The van der Waals surface area contributed by atoms with Crippen LogP contribution in [0.4, 0.5) is 0 Å². The Balaban J connectivity index is 0. The van der Waals surface area contributed by atoms with Crippen LogP contribution >= 0.6 is 7.60 Å². The van der Waals surface area contributed by atoms with Gasteiger partial charge >= 0.3 is 7.60 Å². The molecule has 0 saturated heterocycles. The molecule has 0 bridgehead atoms. The monoisotopic (exact) mass is 126 g/mol. The van der Waals surface area contributed by atoms with Gasteiger partial charge in [-0.05, 0) is 0 Å². The van der Waals surface area contributed by atoms with E-state index in [1.807, 2.05) is 0 Å². The molecule has 0 unspecified atom stereocenters. The smallest absolute Gasteiger partial charge is 0.324 e. The SMILES string of the molecule is C.CCP(=O)(O)O. The first-order chi connectivity index (χ1) is 2.56. The van der Waals surface area contributed by atoms with Gasteiger partial charge in [0.25, 0.3) is 0 Å². The highest BCUT2D eigenvalue weighted by Gasteiger charge is 2.05. The molecule has 0 aliphatic carbocycles. The van der Waals surface area contributed by atoms with Crippen LogP contribution in [0.2, 0.25) is 0 Å². The molecular weight excluding hydrogens is 115 g/mol. The van der Waals surface area contributed by atoms with E-state index >= 15 is 0 Å². The first-order valence-electron chi connectivity index (χ1n) is 1.61. The summed E-state index contributed by atoms with van der Waals surface area (Å²) in [6.45, 7) is 1.45. The molecule has 0 atom stereocenters. The van der Waals surface area contributed by atoms with Gasteiger partial charge in [-0.1, -0.05) is 14.4 Å². The Bertz CT molecular complexity index is 74.2. The predicted molar refractivity (Wildman–Crippen MR) is 29.3 cm³/mol. The minimum atomic E-state index is -3.65. The third kappa shape index (κ3) is 10.7. The summed E-state index contributed by atoms with van der Waals surface area (Å²) in [6, 6.07) is 0. The Morgan fingerprint density at radius 3 is 1.71 bits per heavy atom. The number of hydrogen-bond donors (Lipinski definition) is 2. The fourth-order valence-electron chi connectivity index (χ4n) is 0. The molecule has 0 aromatic carbocycles. The number of hydrogen-bond acceptors (Lipinski definition) is 1. The molecule has 0 aromatic rings. The highest BCUT2D eigenvalue weighted by atomic mass is 31.2. The molecule has 3 nitrogen and oxygen atoms in total. The molecule has 46 valence electrons. The Labute approximate surface area is 43.5 Å². The fraction of sp³-hybridized carbons (Fsp3) is 1.00. The summed E-state index contributed by atoms with van der Waals surface area (Å²) in [6.07, 6.45) is -0.0625.